The molecule has 0 N–H and O–H groups in total. The van der Waals surface area contributed by atoms with Gasteiger partial charge in [0.15, 0.2) is 0 Å². The standard InChI is InChI=1S/C66H36N2S2/c1-3-15-37(16-4-1)41-19-7-9-21-43(41)39-27-29-55-53(31-39)61-63-49(33-51-45-23-11-13-25-59(45)69-65(51)61)47-36-58-48(35-57(47)67(55)63)50-34-52-46-24-12-14-26-60(46)70-66(52)62-54-32-40(28-30-56(54)68(58)64(50)62)44-22-10-8-20-42(44)38-17-5-2-6-18-38/h1-36H/i1D,2D,3D,4D,5D,6D,15D,16D,17D,18D. The zero-order chi connectivity index (χ0) is 54.0. The van der Waals surface area contributed by atoms with Gasteiger partial charge in [0.25, 0.3) is 0 Å². The molecule has 0 bridgehead atoms. The molecule has 11 aromatic carbocycles. The Morgan fingerprint density at radius 3 is 1.14 bits per heavy atom. The van der Waals surface area contributed by atoms with Crippen molar-refractivity contribution in [2.45, 2.75) is 0 Å². The summed E-state index contributed by atoms with van der Waals surface area (Å²) in [6.07, 6.45) is 0. The van der Waals surface area contributed by atoms with Crippen molar-refractivity contribution in [2.75, 3.05) is 0 Å². The van der Waals surface area contributed by atoms with E-state index in [2.05, 4.69) is 118 Å². The average Bonchev–Trinajstić information content (AvgIpc) is 4.51. The predicted molar refractivity (Wildman–Crippen MR) is 303 cm³/mol. The minimum Gasteiger partial charge on any atom is -0.308 e. The second-order valence-electron chi connectivity index (χ2n) is 18.4. The van der Waals surface area contributed by atoms with Crippen LogP contribution in [0.3, 0.4) is 0 Å². The molecule has 0 aliphatic carbocycles. The van der Waals surface area contributed by atoms with Crippen LogP contribution in [0.1, 0.15) is 13.7 Å². The number of hydrogen-bond acceptors (Lipinski definition) is 2. The van der Waals surface area contributed by atoms with E-state index in [1.54, 1.807) is 22.7 Å². The van der Waals surface area contributed by atoms with Crippen molar-refractivity contribution < 1.29 is 13.7 Å². The number of fused-ring (bicyclic) bond motifs is 20. The lowest BCUT2D eigenvalue weighted by molar-refractivity contribution is 1.36. The van der Waals surface area contributed by atoms with Crippen molar-refractivity contribution in [3.8, 4) is 44.5 Å². The van der Waals surface area contributed by atoms with Gasteiger partial charge in [0.1, 0.15) is 0 Å². The Balaban J connectivity index is 0.971. The lowest BCUT2D eigenvalue weighted by Gasteiger charge is -2.11. The number of rotatable bonds is 4. The van der Waals surface area contributed by atoms with Crippen LogP contribution in [0.25, 0.3) is 161 Å². The van der Waals surface area contributed by atoms with E-state index in [-0.39, 0.29) is 59.5 Å². The summed E-state index contributed by atoms with van der Waals surface area (Å²) in [5.74, 6) is 0. The highest BCUT2D eigenvalue weighted by molar-refractivity contribution is 7.27. The van der Waals surface area contributed by atoms with E-state index in [9.17, 15) is 0 Å². The van der Waals surface area contributed by atoms with Crippen LogP contribution >= 0.6 is 22.7 Å². The molecule has 0 saturated carbocycles. The van der Waals surface area contributed by atoms with E-state index in [0.717, 1.165) is 98.4 Å². The Morgan fingerprint density at radius 1 is 0.300 bits per heavy atom. The second kappa shape index (κ2) is 13.6. The molecule has 0 atom stereocenters. The topological polar surface area (TPSA) is 8.82 Å². The van der Waals surface area contributed by atoms with Gasteiger partial charge in [-0.1, -0.05) is 157 Å². The summed E-state index contributed by atoms with van der Waals surface area (Å²) in [4.78, 5) is 0. The van der Waals surface area contributed by atoms with Crippen LogP contribution in [0, 0.1) is 0 Å². The van der Waals surface area contributed by atoms with E-state index in [4.69, 9.17) is 13.7 Å². The minimum atomic E-state index is -0.420. The molecule has 0 unspecified atom stereocenters. The van der Waals surface area contributed by atoms with Crippen molar-refractivity contribution in [1.29, 1.82) is 0 Å². The number of hydrogen-bond donors (Lipinski definition) is 0. The van der Waals surface area contributed by atoms with Gasteiger partial charge in [-0.05, 0) is 105 Å². The lowest BCUT2D eigenvalue weighted by atomic mass is 9.93. The number of aromatic nitrogens is 2. The molecule has 17 rings (SSSR count). The van der Waals surface area contributed by atoms with Gasteiger partial charge in [-0.2, -0.15) is 0 Å². The monoisotopic (exact) mass is 930 g/mol. The van der Waals surface area contributed by atoms with Crippen molar-refractivity contribution in [1.82, 2.24) is 8.80 Å². The first-order chi connectivity index (χ1) is 38.9. The molecule has 70 heavy (non-hydrogen) atoms. The summed E-state index contributed by atoms with van der Waals surface area (Å²) >= 11 is 3.59. The van der Waals surface area contributed by atoms with Crippen molar-refractivity contribution in [3.63, 3.8) is 0 Å². The molecule has 17 aromatic rings. The summed E-state index contributed by atoms with van der Waals surface area (Å²) in [6.45, 7) is 0. The third-order valence-corrected chi connectivity index (χ3v) is 17.3. The van der Waals surface area contributed by atoms with Crippen LogP contribution in [0.2, 0.25) is 0 Å². The molecule has 0 fully saturated rings. The minimum absolute atomic E-state index is 0.172. The normalized spacial score (nSPS) is 14.6. The molecule has 6 heterocycles. The fourth-order valence-electron chi connectivity index (χ4n) is 12.1. The second-order valence-corrected chi connectivity index (χ2v) is 20.5. The Hall–Kier alpha value is -8.54. The maximum Gasteiger partial charge on any atom is 0.0635 e. The zero-order valence-electron chi connectivity index (χ0n) is 46.7. The van der Waals surface area contributed by atoms with Crippen LogP contribution < -0.4 is 0 Å². The average molecular weight is 931 g/mol. The molecule has 0 saturated heterocycles. The highest BCUT2D eigenvalue weighted by Gasteiger charge is 2.27. The van der Waals surface area contributed by atoms with Crippen molar-refractivity contribution in [2.24, 2.45) is 0 Å². The highest BCUT2D eigenvalue weighted by atomic mass is 32.1. The van der Waals surface area contributed by atoms with E-state index in [1.807, 2.05) is 48.5 Å². The number of benzene rings is 11. The fraction of sp³-hybridized carbons (Fsp3) is 0. The van der Waals surface area contributed by atoms with E-state index < -0.39 is 12.1 Å². The SMILES string of the molecule is [2H]c1c([2H])c([2H])c(-c2ccccc2-c2ccc3c(c2)c2c4sc5ccccc5c4cc4c5cc6c(cc5n3c42)c2cc3c4ccccc4sc3c3c4cc(-c5ccccc5-c5c([2H])c([2H])c([2H])c([2H])c5[2H])ccc4n6c23)c([2H])c1[2H]. The smallest absolute Gasteiger partial charge is 0.0635 e. The van der Waals surface area contributed by atoms with E-state index in [1.165, 1.54) is 40.3 Å². The number of thiophene rings is 2. The molecule has 0 amide bonds. The lowest BCUT2D eigenvalue weighted by Crippen LogP contribution is -1.87. The van der Waals surface area contributed by atoms with Crippen LogP contribution in [0.5, 0.6) is 0 Å². The first-order valence-electron chi connectivity index (χ1n) is 28.3. The number of nitrogens with zero attached hydrogens (tertiary/aromatic N) is 2. The third-order valence-electron chi connectivity index (χ3n) is 14.9. The van der Waals surface area contributed by atoms with Gasteiger partial charge in [-0.3, -0.25) is 0 Å². The first-order valence-corrected chi connectivity index (χ1v) is 24.9. The Bertz CT molecular complexity index is 5280. The maximum absolute atomic E-state index is 8.95. The molecular formula is C66H36N2S2. The molecule has 2 nitrogen and oxygen atoms in total. The Labute approximate surface area is 422 Å². The zero-order valence-corrected chi connectivity index (χ0v) is 38.4. The summed E-state index contributed by atoms with van der Waals surface area (Å²) in [7, 11) is 0. The molecule has 0 aliphatic rings. The van der Waals surface area contributed by atoms with Crippen LogP contribution in [0.4, 0.5) is 0 Å². The molecule has 322 valence electrons. The van der Waals surface area contributed by atoms with E-state index in [0.29, 0.717) is 11.1 Å². The van der Waals surface area contributed by atoms with Gasteiger partial charge in [0.05, 0.1) is 46.8 Å². The maximum atomic E-state index is 8.95. The van der Waals surface area contributed by atoms with Crippen molar-refractivity contribution >= 4 is 139 Å². The molecule has 0 aliphatic heterocycles. The van der Waals surface area contributed by atoms with Gasteiger partial charge in [-0.15, -0.1) is 22.7 Å². The highest BCUT2D eigenvalue weighted by Crippen LogP contribution is 2.52. The molecule has 0 spiro atoms. The van der Waals surface area contributed by atoms with Gasteiger partial charge >= 0.3 is 0 Å². The van der Waals surface area contributed by atoms with Crippen LogP contribution in [-0.4, -0.2) is 8.80 Å². The van der Waals surface area contributed by atoms with Gasteiger partial charge in [0, 0.05) is 83.4 Å². The molecule has 4 heteroatoms. The summed E-state index contributed by atoms with van der Waals surface area (Å²) in [6, 6.07) is 51.7. The summed E-state index contributed by atoms with van der Waals surface area (Å²) < 4.78 is 96.2. The fourth-order valence-corrected chi connectivity index (χ4v) is 14.5. The summed E-state index contributed by atoms with van der Waals surface area (Å²) in [5.41, 5.74) is 11.3. The third kappa shape index (κ3) is 4.81. The predicted octanol–water partition coefficient (Wildman–Crippen LogP) is 19.4. The largest absolute Gasteiger partial charge is 0.308 e. The van der Waals surface area contributed by atoms with E-state index >= 15 is 0 Å². The van der Waals surface area contributed by atoms with Gasteiger partial charge < -0.3 is 8.80 Å². The Morgan fingerprint density at radius 2 is 0.700 bits per heavy atom. The van der Waals surface area contributed by atoms with Crippen LogP contribution in [-0.2, 0) is 0 Å². The van der Waals surface area contributed by atoms with Gasteiger partial charge in [0.2, 0.25) is 0 Å². The van der Waals surface area contributed by atoms with Crippen molar-refractivity contribution in [3.05, 3.63) is 218 Å². The Kier molecular flexibility index (Phi) is 5.70. The van der Waals surface area contributed by atoms with Crippen LogP contribution in [0.15, 0.2) is 218 Å². The summed E-state index contributed by atoms with van der Waals surface area (Å²) in [5, 5.41) is 13.6. The molecule has 6 aromatic heterocycles. The molecular weight excluding hydrogens is 885 g/mol. The van der Waals surface area contributed by atoms with Gasteiger partial charge in [-0.25, -0.2) is 0 Å². The molecule has 0 radical (unpaired) electrons. The first kappa shape index (κ1) is 29.4. The quantitative estimate of drug-likeness (QED) is 0.166.